The Balaban J connectivity index is 2.25. The van der Waals surface area contributed by atoms with Crippen molar-refractivity contribution in [2.45, 2.75) is 13.3 Å². The molecule has 0 fully saturated rings. The van der Waals surface area contributed by atoms with E-state index in [1.54, 1.807) is 6.07 Å². The normalized spacial score (nSPS) is 10.4. The summed E-state index contributed by atoms with van der Waals surface area (Å²) >= 11 is 11.9. The zero-order valence-electron chi connectivity index (χ0n) is 9.87. The lowest BCUT2D eigenvalue weighted by molar-refractivity contribution is 1.14. The van der Waals surface area contributed by atoms with Crippen molar-refractivity contribution in [2.24, 2.45) is 0 Å². The number of anilines is 3. The SMILES string of the molecule is CCc1ccc(Nc2nc(N)c(Cl)cc2Cl)cc1. The lowest BCUT2D eigenvalue weighted by atomic mass is 10.1. The highest BCUT2D eigenvalue weighted by atomic mass is 35.5. The number of rotatable bonds is 3. The van der Waals surface area contributed by atoms with Crippen molar-refractivity contribution >= 4 is 40.5 Å². The molecule has 18 heavy (non-hydrogen) atoms. The number of pyridine rings is 1. The molecule has 2 rings (SSSR count). The molecule has 0 unspecified atom stereocenters. The molecule has 0 aliphatic heterocycles. The Kier molecular flexibility index (Phi) is 3.94. The maximum Gasteiger partial charge on any atom is 0.151 e. The van der Waals surface area contributed by atoms with E-state index in [9.17, 15) is 0 Å². The zero-order chi connectivity index (χ0) is 13.1. The molecule has 3 N–H and O–H groups in total. The van der Waals surface area contributed by atoms with Gasteiger partial charge in [-0.1, -0.05) is 42.3 Å². The molecule has 0 saturated carbocycles. The summed E-state index contributed by atoms with van der Waals surface area (Å²) in [6.45, 7) is 2.11. The molecule has 0 spiro atoms. The van der Waals surface area contributed by atoms with E-state index < -0.39 is 0 Å². The Bertz CT molecular complexity index is 553. The second kappa shape index (κ2) is 5.46. The first-order valence-corrected chi connectivity index (χ1v) is 6.33. The molecule has 1 aromatic heterocycles. The molecular weight excluding hydrogens is 269 g/mol. The summed E-state index contributed by atoms with van der Waals surface area (Å²) in [4.78, 5) is 4.11. The van der Waals surface area contributed by atoms with Crippen LogP contribution >= 0.6 is 23.2 Å². The minimum Gasteiger partial charge on any atom is -0.382 e. The highest BCUT2D eigenvalue weighted by Gasteiger charge is 2.07. The number of halogens is 2. The number of nitrogen functional groups attached to an aromatic ring is 1. The van der Waals surface area contributed by atoms with Crippen LogP contribution in [0.15, 0.2) is 30.3 Å². The van der Waals surface area contributed by atoms with Crippen molar-refractivity contribution in [3.8, 4) is 0 Å². The minimum atomic E-state index is 0.258. The fraction of sp³-hybridized carbons (Fsp3) is 0.154. The Hall–Kier alpha value is -1.45. The minimum absolute atomic E-state index is 0.258. The Labute approximate surface area is 116 Å². The van der Waals surface area contributed by atoms with Gasteiger partial charge in [-0.05, 0) is 30.2 Å². The first-order chi connectivity index (χ1) is 8.60. The van der Waals surface area contributed by atoms with Crippen molar-refractivity contribution in [3.05, 3.63) is 45.9 Å². The van der Waals surface area contributed by atoms with Gasteiger partial charge in [0.2, 0.25) is 0 Å². The summed E-state index contributed by atoms with van der Waals surface area (Å²) in [6, 6.07) is 9.63. The van der Waals surface area contributed by atoms with Gasteiger partial charge in [0.05, 0.1) is 10.0 Å². The van der Waals surface area contributed by atoms with Gasteiger partial charge in [0.15, 0.2) is 5.82 Å². The molecular formula is C13H13Cl2N3. The molecule has 94 valence electrons. The second-order valence-electron chi connectivity index (χ2n) is 3.86. The number of nitrogens with one attached hydrogen (secondary N) is 1. The molecule has 1 heterocycles. The van der Waals surface area contributed by atoms with Crippen LogP contribution in [-0.4, -0.2) is 4.98 Å². The van der Waals surface area contributed by atoms with E-state index in [2.05, 4.69) is 29.4 Å². The quantitative estimate of drug-likeness (QED) is 0.883. The van der Waals surface area contributed by atoms with Crippen LogP contribution in [0.25, 0.3) is 0 Å². The number of benzene rings is 1. The standard InChI is InChI=1S/C13H13Cl2N3/c1-2-8-3-5-9(6-4-8)17-13-11(15)7-10(14)12(16)18-13/h3-7H,2H2,1H3,(H3,16,17,18). The predicted molar refractivity (Wildman–Crippen MR) is 77.8 cm³/mol. The van der Waals surface area contributed by atoms with Gasteiger partial charge < -0.3 is 11.1 Å². The van der Waals surface area contributed by atoms with Gasteiger partial charge in [-0.25, -0.2) is 4.98 Å². The smallest absolute Gasteiger partial charge is 0.151 e. The molecule has 0 radical (unpaired) electrons. The van der Waals surface area contributed by atoms with Crippen LogP contribution in [-0.2, 0) is 6.42 Å². The molecule has 0 bridgehead atoms. The number of nitrogens with two attached hydrogens (primary N) is 1. The number of aryl methyl sites for hydroxylation is 1. The average Bonchev–Trinajstić information content (AvgIpc) is 2.37. The van der Waals surface area contributed by atoms with E-state index in [0.29, 0.717) is 15.9 Å². The van der Waals surface area contributed by atoms with Gasteiger partial charge in [-0.15, -0.1) is 0 Å². The summed E-state index contributed by atoms with van der Waals surface area (Å²) < 4.78 is 0. The van der Waals surface area contributed by atoms with E-state index in [0.717, 1.165) is 12.1 Å². The molecule has 3 nitrogen and oxygen atoms in total. The maximum atomic E-state index is 6.04. The summed E-state index contributed by atoms with van der Waals surface area (Å²) in [5.74, 6) is 0.761. The number of hydrogen-bond donors (Lipinski definition) is 2. The number of aromatic nitrogens is 1. The van der Waals surface area contributed by atoms with Crippen molar-refractivity contribution in [2.75, 3.05) is 11.1 Å². The molecule has 0 aliphatic rings. The van der Waals surface area contributed by atoms with Crippen LogP contribution < -0.4 is 11.1 Å². The summed E-state index contributed by atoms with van der Waals surface area (Å²) in [7, 11) is 0. The van der Waals surface area contributed by atoms with Gasteiger partial charge in [0.1, 0.15) is 5.82 Å². The van der Waals surface area contributed by atoms with Gasteiger partial charge >= 0.3 is 0 Å². The van der Waals surface area contributed by atoms with E-state index in [1.807, 2.05) is 12.1 Å². The fourth-order valence-electron chi connectivity index (χ4n) is 1.53. The number of nitrogens with zero attached hydrogens (tertiary/aromatic N) is 1. The van der Waals surface area contributed by atoms with Gasteiger partial charge in [0.25, 0.3) is 0 Å². The van der Waals surface area contributed by atoms with Crippen molar-refractivity contribution in [1.82, 2.24) is 4.98 Å². The molecule has 0 amide bonds. The molecule has 0 atom stereocenters. The molecule has 0 aliphatic carbocycles. The third-order valence-corrected chi connectivity index (χ3v) is 3.17. The first-order valence-electron chi connectivity index (χ1n) is 5.57. The summed E-state index contributed by atoms with van der Waals surface area (Å²) in [5.41, 5.74) is 7.83. The predicted octanol–water partition coefficient (Wildman–Crippen LogP) is 4.28. The average molecular weight is 282 g/mol. The Morgan fingerprint density at radius 1 is 1.17 bits per heavy atom. The third kappa shape index (κ3) is 2.86. The van der Waals surface area contributed by atoms with Crippen LogP contribution in [0.3, 0.4) is 0 Å². The summed E-state index contributed by atoms with van der Waals surface area (Å²) in [6.07, 6.45) is 1.01. The van der Waals surface area contributed by atoms with Crippen molar-refractivity contribution in [3.63, 3.8) is 0 Å². The molecule has 5 heteroatoms. The van der Waals surface area contributed by atoms with Gasteiger partial charge in [0, 0.05) is 5.69 Å². The first kappa shape index (κ1) is 13.0. The van der Waals surface area contributed by atoms with Crippen LogP contribution in [0.5, 0.6) is 0 Å². The third-order valence-electron chi connectivity index (χ3n) is 2.58. The van der Waals surface area contributed by atoms with Gasteiger partial charge in [-0.2, -0.15) is 0 Å². The topological polar surface area (TPSA) is 50.9 Å². The molecule has 1 aromatic carbocycles. The van der Waals surface area contributed by atoms with E-state index in [4.69, 9.17) is 28.9 Å². The van der Waals surface area contributed by atoms with Crippen LogP contribution in [0, 0.1) is 0 Å². The maximum absolute atomic E-state index is 6.04. The monoisotopic (exact) mass is 281 g/mol. The van der Waals surface area contributed by atoms with E-state index >= 15 is 0 Å². The summed E-state index contributed by atoms with van der Waals surface area (Å²) in [5, 5.41) is 3.90. The van der Waals surface area contributed by atoms with Crippen molar-refractivity contribution < 1.29 is 0 Å². The highest BCUT2D eigenvalue weighted by Crippen LogP contribution is 2.29. The second-order valence-corrected chi connectivity index (χ2v) is 4.68. The van der Waals surface area contributed by atoms with E-state index in [-0.39, 0.29) is 5.82 Å². The molecule has 2 aromatic rings. The highest BCUT2D eigenvalue weighted by molar-refractivity contribution is 6.37. The number of hydrogen-bond acceptors (Lipinski definition) is 3. The van der Waals surface area contributed by atoms with E-state index in [1.165, 1.54) is 5.56 Å². The van der Waals surface area contributed by atoms with Crippen LogP contribution in [0.1, 0.15) is 12.5 Å². The lowest BCUT2D eigenvalue weighted by Crippen LogP contribution is -1.99. The zero-order valence-corrected chi connectivity index (χ0v) is 11.4. The van der Waals surface area contributed by atoms with Crippen molar-refractivity contribution in [1.29, 1.82) is 0 Å². The molecule has 0 saturated heterocycles. The largest absolute Gasteiger partial charge is 0.382 e. The van der Waals surface area contributed by atoms with Crippen LogP contribution in [0.4, 0.5) is 17.3 Å². The van der Waals surface area contributed by atoms with Gasteiger partial charge in [-0.3, -0.25) is 0 Å². The Morgan fingerprint density at radius 3 is 2.44 bits per heavy atom. The Morgan fingerprint density at radius 2 is 1.83 bits per heavy atom. The van der Waals surface area contributed by atoms with Crippen LogP contribution in [0.2, 0.25) is 10.0 Å². The lowest BCUT2D eigenvalue weighted by Gasteiger charge is -2.09. The fourth-order valence-corrected chi connectivity index (χ4v) is 1.93.